The number of hydrogen-bond acceptors (Lipinski definition) is 2. The highest BCUT2D eigenvalue weighted by molar-refractivity contribution is 14.1. The molecule has 0 heterocycles. The van der Waals surface area contributed by atoms with E-state index in [1.165, 1.54) is 191 Å². The molecule has 0 aromatic heterocycles. The molecule has 0 aliphatic heterocycles. The zero-order valence-corrected chi connectivity index (χ0v) is 29.6. The van der Waals surface area contributed by atoms with Crippen LogP contribution in [-0.4, -0.2) is 20.8 Å². The van der Waals surface area contributed by atoms with Gasteiger partial charge in [0.1, 0.15) is 0 Å². The average Bonchev–Trinajstić information content (AvgIpc) is 2.92. The molecule has 40 heavy (non-hydrogen) atoms. The highest BCUT2D eigenvalue weighted by Crippen LogP contribution is 2.35. The maximum absolute atomic E-state index is 10.6. The summed E-state index contributed by atoms with van der Waals surface area (Å²) >= 11 is 2.49. The third kappa shape index (κ3) is 38.8. The van der Waals surface area contributed by atoms with Gasteiger partial charge in [-0.2, -0.15) is 0 Å². The normalized spacial score (nSPS) is 12.0. The summed E-state index contributed by atoms with van der Waals surface area (Å²) in [5.74, 6) is 0. The van der Waals surface area contributed by atoms with E-state index in [9.17, 15) is 4.57 Å². The molecule has 242 valence electrons. The Morgan fingerprint density at radius 1 is 0.350 bits per heavy atom. The number of phosphoric acid groups is 1. The van der Waals surface area contributed by atoms with E-state index in [0.717, 1.165) is 19.3 Å². The van der Waals surface area contributed by atoms with Gasteiger partial charge in [-0.1, -0.05) is 215 Å². The standard InChI is InChI=1S/C34H70IO4P/c35-33-31-29-27-25-23-21-19-17-15-13-11-9-7-5-3-1-2-4-6-8-10-12-14-16-18-20-22-24-26-28-30-32-34-39-40(36,37)38/h1-34H2,(H2,36,37,38). The van der Waals surface area contributed by atoms with Crippen LogP contribution in [0.25, 0.3) is 0 Å². The highest BCUT2D eigenvalue weighted by Gasteiger charge is 2.12. The van der Waals surface area contributed by atoms with Crippen molar-refractivity contribution in [2.75, 3.05) is 11.0 Å². The predicted octanol–water partition coefficient (Wildman–Crippen LogP) is 13.0. The van der Waals surface area contributed by atoms with Crippen LogP contribution in [0, 0.1) is 0 Å². The summed E-state index contributed by atoms with van der Waals surface area (Å²) in [5.41, 5.74) is 0. The van der Waals surface area contributed by atoms with E-state index in [4.69, 9.17) is 9.79 Å². The molecule has 0 aromatic rings. The molecular weight excluding hydrogens is 630 g/mol. The Balaban J connectivity index is 3.04. The molecule has 6 heteroatoms. The lowest BCUT2D eigenvalue weighted by Crippen LogP contribution is -1.92. The Morgan fingerprint density at radius 3 is 0.700 bits per heavy atom. The van der Waals surface area contributed by atoms with Crippen LogP contribution in [-0.2, 0) is 9.09 Å². The Hall–Kier alpha value is 0.840. The molecule has 4 nitrogen and oxygen atoms in total. The highest BCUT2D eigenvalue weighted by atomic mass is 127. The summed E-state index contributed by atoms with van der Waals surface area (Å²) in [6.07, 6.45) is 44.4. The minimum Gasteiger partial charge on any atom is -0.303 e. The van der Waals surface area contributed by atoms with Crippen LogP contribution in [0.5, 0.6) is 0 Å². The third-order valence-corrected chi connectivity index (χ3v) is 9.57. The van der Waals surface area contributed by atoms with E-state index >= 15 is 0 Å². The maximum atomic E-state index is 10.6. The van der Waals surface area contributed by atoms with E-state index in [2.05, 4.69) is 27.1 Å². The third-order valence-electron chi connectivity index (χ3n) is 8.29. The van der Waals surface area contributed by atoms with Crippen LogP contribution in [0.3, 0.4) is 0 Å². The van der Waals surface area contributed by atoms with Gasteiger partial charge >= 0.3 is 7.82 Å². The minimum absolute atomic E-state index is 0.170. The van der Waals surface area contributed by atoms with Gasteiger partial charge in [0.2, 0.25) is 0 Å². The molecule has 0 rings (SSSR count). The summed E-state index contributed by atoms with van der Waals surface area (Å²) in [5, 5.41) is 0. The Kier molecular flexibility index (Phi) is 35.1. The van der Waals surface area contributed by atoms with Crippen molar-refractivity contribution in [3.8, 4) is 0 Å². The first-order valence-electron chi connectivity index (χ1n) is 17.8. The van der Waals surface area contributed by atoms with E-state index in [-0.39, 0.29) is 6.61 Å². The molecule has 0 radical (unpaired) electrons. The molecule has 0 amide bonds. The van der Waals surface area contributed by atoms with E-state index in [1.54, 1.807) is 0 Å². The van der Waals surface area contributed by atoms with E-state index in [1.807, 2.05) is 0 Å². The van der Waals surface area contributed by atoms with Crippen LogP contribution in [0.1, 0.15) is 205 Å². The first-order chi connectivity index (χ1) is 19.6. The average molecular weight is 701 g/mol. The molecule has 2 N–H and O–H groups in total. The van der Waals surface area contributed by atoms with Crippen molar-refractivity contribution in [2.45, 2.75) is 205 Å². The molecular formula is C34H70IO4P. The van der Waals surface area contributed by atoms with Gasteiger partial charge in [-0.05, 0) is 17.3 Å². The Bertz CT molecular complexity index is 514. The lowest BCUT2D eigenvalue weighted by molar-refractivity contribution is 0.193. The van der Waals surface area contributed by atoms with Crippen molar-refractivity contribution >= 4 is 30.4 Å². The van der Waals surface area contributed by atoms with Crippen molar-refractivity contribution in [3.05, 3.63) is 0 Å². The first-order valence-corrected chi connectivity index (χ1v) is 20.9. The monoisotopic (exact) mass is 700 g/mol. The lowest BCUT2D eigenvalue weighted by atomic mass is 10.0. The summed E-state index contributed by atoms with van der Waals surface area (Å²) < 4.78 is 16.4. The summed E-state index contributed by atoms with van der Waals surface area (Å²) in [6.45, 7) is 0.170. The van der Waals surface area contributed by atoms with Crippen molar-refractivity contribution in [1.29, 1.82) is 0 Å². The lowest BCUT2D eigenvalue weighted by Gasteiger charge is -2.05. The zero-order chi connectivity index (χ0) is 29.2. The Morgan fingerprint density at radius 2 is 0.525 bits per heavy atom. The maximum Gasteiger partial charge on any atom is 0.469 e. The summed E-state index contributed by atoms with van der Waals surface area (Å²) in [7, 11) is -4.27. The van der Waals surface area contributed by atoms with Crippen LogP contribution in [0.2, 0.25) is 0 Å². The second kappa shape index (κ2) is 34.3. The second-order valence-corrected chi connectivity index (χ2v) is 14.6. The molecule has 0 spiro atoms. The number of alkyl halides is 1. The van der Waals surface area contributed by atoms with Gasteiger partial charge in [0.25, 0.3) is 0 Å². The van der Waals surface area contributed by atoms with Gasteiger partial charge in [0.05, 0.1) is 6.61 Å². The molecule has 0 aliphatic rings. The van der Waals surface area contributed by atoms with Crippen LogP contribution in [0.15, 0.2) is 0 Å². The molecule has 0 atom stereocenters. The topological polar surface area (TPSA) is 66.8 Å². The van der Waals surface area contributed by atoms with Gasteiger partial charge in [0, 0.05) is 0 Å². The Labute approximate surface area is 264 Å². The minimum atomic E-state index is -4.27. The quantitative estimate of drug-likeness (QED) is 0.0299. The van der Waals surface area contributed by atoms with Crippen LogP contribution >= 0.6 is 30.4 Å². The van der Waals surface area contributed by atoms with Crippen molar-refractivity contribution < 1.29 is 18.9 Å². The number of halogens is 1. The molecule has 0 saturated heterocycles. The molecule has 0 unspecified atom stereocenters. The van der Waals surface area contributed by atoms with Crippen molar-refractivity contribution in [2.24, 2.45) is 0 Å². The fourth-order valence-corrected chi connectivity index (χ4v) is 6.59. The van der Waals surface area contributed by atoms with Gasteiger partial charge in [-0.3, -0.25) is 4.52 Å². The molecule has 0 fully saturated rings. The number of hydrogen-bond donors (Lipinski definition) is 2. The SMILES string of the molecule is O=P(O)(O)OCCCCCCCCCCCCCCCCCCCCCCCCCCCCCCCCCCI. The fraction of sp³-hybridized carbons (Fsp3) is 1.00. The van der Waals surface area contributed by atoms with Gasteiger partial charge < -0.3 is 9.79 Å². The predicted molar refractivity (Wildman–Crippen MR) is 185 cm³/mol. The first kappa shape index (κ1) is 40.8. The van der Waals surface area contributed by atoms with Crippen LogP contribution < -0.4 is 0 Å². The smallest absolute Gasteiger partial charge is 0.303 e. The van der Waals surface area contributed by atoms with Gasteiger partial charge in [0.15, 0.2) is 0 Å². The zero-order valence-electron chi connectivity index (χ0n) is 26.6. The second-order valence-electron chi connectivity index (χ2n) is 12.3. The molecule has 0 saturated carbocycles. The molecule has 0 bridgehead atoms. The molecule has 0 aromatic carbocycles. The summed E-state index contributed by atoms with van der Waals surface area (Å²) in [6, 6.07) is 0. The van der Waals surface area contributed by atoms with E-state index in [0.29, 0.717) is 0 Å². The van der Waals surface area contributed by atoms with Gasteiger partial charge in [-0.25, -0.2) is 4.57 Å². The fourth-order valence-electron chi connectivity index (χ4n) is 5.68. The van der Waals surface area contributed by atoms with Crippen LogP contribution in [0.4, 0.5) is 0 Å². The van der Waals surface area contributed by atoms with Gasteiger partial charge in [-0.15, -0.1) is 0 Å². The largest absolute Gasteiger partial charge is 0.469 e. The van der Waals surface area contributed by atoms with Crippen molar-refractivity contribution in [3.63, 3.8) is 0 Å². The van der Waals surface area contributed by atoms with E-state index < -0.39 is 7.82 Å². The summed E-state index contributed by atoms with van der Waals surface area (Å²) in [4.78, 5) is 17.3. The number of rotatable bonds is 35. The number of phosphoric ester groups is 1. The number of unbranched alkanes of at least 4 members (excludes halogenated alkanes) is 31. The molecule has 0 aliphatic carbocycles. The van der Waals surface area contributed by atoms with Crippen molar-refractivity contribution in [1.82, 2.24) is 0 Å².